The molecule has 3 atom stereocenters. The third kappa shape index (κ3) is 10.1. The highest BCUT2D eigenvalue weighted by Gasteiger charge is 2.38. The van der Waals surface area contributed by atoms with Gasteiger partial charge in [-0.1, -0.05) is 23.7 Å². The largest absolute Gasteiger partial charge is 0.455 e. The van der Waals surface area contributed by atoms with Crippen molar-refractivity contribution in [2.75, 3.05) is 62.7 Å². The number of rotatable bonds is 13. The lowest BCUT2D eigenvalue weighted by Crippen LogP contribution is -2.49. The highest BCUT2D eigenvalue weighted by atomic mass is 35.5. The van der Waals surface area contributed by atoms with Crippen LogP contribution in [0.4, 0.5) is 17.1 Å². The van der Waals surface area contributed by atoms with Gasteiger partial charge in [0, 0.05) is 86.9 Å². The van der Waals surface area contributed by atoms with Crippen LogP contribution in [0.25, 0.3) is 11.0 Å². The zero-order valence-electron chi connectivity index (χ0n) is 33.9. The number of hydrogen-bond acceptors (Lipinski definition) is 12. The van der Waals surface area contributed by atoms with E-state index in [9.17, 15) is 28.4 Å². The van der Waals surface area contributed by atoms with Gasteiger partial charge in [0.1, 0.15) is 22.8 Å². The van der Waals surface area contributed by atoms with Crippen LogP contribution in [0.15, 0.2) is 90.1 Å². The van der Waals surface area contributed by atoms with E-state index in [-0.39, 0.29) is 28.8 Å². The number of benzene rings is 3. The number of fused-ring (bicyclic) bond motifs is 1. The van der Waals surface area contributed by atoms with Gasteiger partial charge in [-0.2, -0.15) is 0 Å². The number of aliphatic hydroxyl groups is 1. The molecule has 5 aromatic rings. The van der Waals surface area contributed by atoms with E-state index < -0.39 is 37.0 Å². The fourth-order valence-corrected chi connectivity index (χ4v) is 9.99. The number of nitrogens with zero attached hydrogens (tertiary/aromatic N) is 4. The third-order valence-electron chi connectivity index (χ3n) is 12.2. The summed E-state index contributed by atoms with van der Waals surface area (Å²) < 4.78 is 41.1. The number of aromatic amines is 1. The van der Waals surface area contributed by atoms with E-state index in [2.05, 4.69) is 41.9 Å². The normalized spacial score (nSPS) is 21.6. The van der Waals surface area contributed by atoms with Gasteiger partial charge in [0.2, 0.25) is 0 Å². The molecule has 0 radical (unpaired) electrons. The molecule has 3 aromatic carbocycles. The van der Waals surface area contributed by atoms with Crippen molar-refractivity contribution < 1.29 is 32.7 Å². The van der Waals surface area contributed by atoms with Crippen LogP contribution in [-0.4, -0.2) is 97.3 Å². The Morgan fingerprint density at radius 2 is 1.82 bits per heavy atom. The molecule has 0 spiro atoms. The van der Waals surface area contributed by atoms with Crippen LogP contribution >= 0.6 is 11.6 Å². The van der Waals surface area contributed by atoms with Crippen molar-refractivity contribution in [3.8, 4) is 11.5 Å². The Bertz CT molecular complexity index is 2490. The molecule has 2 unspecified atom stereocenters. The molecule has 1 amide bonds. The Labute approximate surface area is 359 Å². The quantitative estimate of drug-likeness (QED) is 0.0682. The second kappa shape index (κ2) is 18.0. The Hall–Kier alpha value is -5.26. The minimum atomic E-state index is -4.56. The summed E-state index contributed by atoms with van der Waals surface area (Å²) in [6, 6.07) is 20.2. The molecule has 2 aliphatic heterocycles. The number of carbonyl (C=O) groups excluding carboxylic acids is 1. The number of nitro groups is 1. The van der Waals surface area contributed by atoms with Crippen LogP contribution in [0, 0.1) is 22.0 Å². The van der Waals surface area contributed by atoms with Gasteiger partial charge in [0.25, 0.3) is 21.6 Å². The predicted octanol–water partition coefficient (Wildman–Crippen LogP) is 7.33. The topological polar surface area (TPSA) is 192 Å². The number of nitrogens with one attached hydrogen (secondary N) is 3. The molecular formula is C44H50ClN7O8S. The highest BCUT2D eigenvalue weighted by molar-refractivity contribution is 7.90. The first-order valence-corrected chi connectivity index (χ1v) is 22.5. The van der Waals surface area contributed by atoms with Crippen LogP contribution < -0.4 is 19.7 Å². The molecule has 0 bridgehead atoms. The first-order valence-electron chi connectivity index (χ1n) is 20.7. The summed E-state index contributed by atoms with van der Waals surface area (Å²) in [5.74, 6) is 0.327. The number of sulfonamides is 1. The Kier molecular flexibility index (Phi) is 12.5. The van der Waals surface area contributed by atoms with Crippen molar-refractivity contribution in [2.24, 2.45) is 11.8 Å². The summed E-state index contributed by atoms with van der Waals surface area (Å²) >= 11 is 6.20. The maximum Gasteiger partial charge on any atom is 0.293 e. The average Bonchev–Trinajstić information content (AvgIpc) is 3.72. The molecule has 3 fully saturated rings. The van der Waals surface area contributed by atoms with Crippen LogP contribution in [-0.2, 0) is 14.8 Å². The molecule has 17 heteroatoms. The zero-order chi connectivity index (χ0) is 42.7. The lowest BCUT2D eigenvalue weighted by atomic mass is 9.69. The molecule has 2 saturated heterocycles. The van der Waals surface area contributed by atoms with E-state index in [0.717, 1.165) is 62.5 Å². The van der Waals surface area contributed by atoms with Gasteiger partial charge in [-0.05, 0) is 111 Å². The number of ether oxygens (including phenoxy) is 2. The van der Waals surface area contributed by atoms with Gasteiger partial charge in [-0.15, -0.1) is 0 Å². The number of anilines is 2. The molecule has 1 saturated carbocycles. The number of pyridine rings is 1. The van der Waals surface area contributed by atoms with Crippen LogP contribution in [0.1, 0.15) is 60.9 Å². The number of hydrogen-bond donors (Lipinski definition) is 4. The third-order valence-corrected chi connectivity index (χ3v) is 13.8. The molecule has 15 nitrogen and oxygen atoms in total. The van der Waals surface area contributed by atoms with Gasteiger partial charge < -0.3 is 29.8 Å². The first-order chi connectivity index (χ1) is 29.3. The van der Waals surface area contributed by atoms with Crippen LogP contribution in [0.3, 0.4) is 0 Å². The molecule has 2 aromatic heterocycles. The maximum atomic E-state index is 13.9. The van der Waals surface area contributed by atoms with Gasteiger partial charge in [0.15, 0.2) is 0 Å². The number of carbonyl (C=O) groups is 1. The van der Waals surface area contributed by atoms with Crippen molar-refractivity contribution in [2.45, 2.75) is 55.4 Å². The average molecular weight is 872 g/mol. The fourth-order valence-electron chi connectivity index (χ4n) is 8.87. The predicted molar refractivity (Wildman–Crippen MR) is 233 cm³/mol. The molecule has 61 heavy (non-hydrogen) atoms. The van der Waals surface area contributed by atoms with E-state index in [1.807, 2.05) is 25.1 Å². The van der Waals surface area contributed by atoms with Crippen molar-refractivity contribution in [1.82, 2.24) is 19.6 Å². The van der Waals surface area contributed by atoms with Crippen LogP contribution in [0.5, 0.6) is 11.5 Å². The summed E-state index contributed by atoms with van der Waals surface area (Å²) in [5.41, 5.74) is 1.67. The number of halogens is 1. The maximum absolute atomic E-state index is 13.9. The monoisotopic (exact) mass is 871 g/mol. The minimum absolute atomic E-state index is 0.0537. The molecule has 3 aliphatic rings. The molecule has 1 aliphatic carbocycles. The summed E-state index contributed by atoms with van der Waals surface area (Å²) in [7, 11) is -4.56. The minimum Gasteiger partial charge on any atom is -0.455 e. The van der Waals surface area contributed by atoms with E-state index >= 15 is 0 Å². The molecule has 322 valence electrons. The van der Waals surface area contributed by atoms with Crippen molar-refractivity contribution in [1.29, 1.82) is 0 Å². The second-order valence-corrected chi connectivity index (χ2v) is 18.7. The first kappa shape index (κ1) is 42.4. The molecular weight excluding hydrogens is 822 g/mol. The summed E-state index contributed by atoms with van der Waals surface area (Å²) in [6.07, 6.45) is 7.25. The number of piperazine rings is 1. The van der Waals surface area contributed by atoms with Gasteiger partial charge in [0.05, 0.1) is 27.2 Å². The SMILES string of the molecule is CC1(O)CCC(c2ccc(Cl)cc2)[C@@H](CN2CCN(c3ccc(C(=O)NS(=O)(=O)c4ccc(NCC5CCOCC5)c([N+](=O)[O-])c4)c(Oc4cnc5[nH]ccc5c4)c3)CC2)C1. The van der Waals surface area contributed by atoms with E-state index in [1.54, 1.807) is 24.4 Å². The Morgan fingerprint density at radius 1 is 1.05 bits per heavy atom. The summed E-state index contributed by atoms with van der Waals surface area (Å²) in [6.45, 7) is 7.40. The molecule has 4 heterocycles. The Balaban J connectivity index is 0.991. The van der Waals surface area contributed by atoms with Crippen LogP contribution in [0.2, 0.25) is 5.02 Å². The summed E-state index contributed by atoms with van der Waals surface area (Å²) in [4.78, 5) is 37.0. The van der Waals surface area contributed by atoms with Crippen molar-refractivity contribution >= 4 is 55.6 Å². The van der Waals surface area contributed by atoms with E-state index in [4.69, 9.17) is 21.1 Å². The van der Waals surface area contributed by atoms with Crippen molar-refractivity contribution in [3.63, 3.8) is 0 Å². The zero-order valence-corrected chi connectivity index (χ0v) is 35.5. The number of H-pyrrole nitrogens is 1. The lowest BCUT2D eigenvalue weighted by Gasteiger charge is -2.44. The van der Waals surface area contributed by atoms with Gasteiger partial charge >= 0.3 is 0 Å². The summed E-state index contributed by atoms with van der Waals surface area (Å²) in [5, 5.41) is 27.7. The smallest absolute Gasteiger partial charge is 0.293 e. The standard InChI is InChI=1S/C44H50ClN7O8S/c1-44(54)14-10-37(30-2-4-33(45)5-3-30)32(25-44)28-50-16-18-51(19-17-50)34-6-8-38(41(23-34)60-35-22-31-11-15-46-42(31)48-27-35)43(53)49-61(57,58)36-7-9-39(40(24-36)52(55)56)47-26-29-12-20-59-21-13-29/h2-9,11,15,22-24,27,29,32,37,47,54H,10,12-14,16-21,25-26,28H2,1H3,(H,46,48)(H,49,53)/t32-,37?,44?/m1/s1. The van der Waals surface area contributed by atoms with Crippen molar-refractivity contribution in [3.05, 3.63) is 111 Å². The lowest BCUT2D eigenvalue weighted by molar-refractivity contribution is -0.384. The Morgan fingerprint density at radius 3 is 2.57 bits per heavy atom. The highest BCUT2D eigenvalue weighted by Crippen LogP contribution is 2.43. The van der Waals surface area contributed by atoms with Gasteiger partial charge in [-0.3, -0.25) is 19.8 Å². The molecule has 8 rings (SSSR count). The number of amides is 1. The fraction of sp³-hybridized carbons (Fsp3) is 0.409. The second-order valence-electron chi connectivity index (χ2n) is 16.6. The molecule has 4 N–H and O–H groups in total. The van der Waals surface area contributed by atoms with E-state index in [1.165, 1.54) is 30.0 Å². The van der Waals surface area contributed by atoms with E-state index in [0.29, 0.717) is 61.6 Å². The van der Waals surface area contributed by atoms with Gasteiger partial charge in [-0.25, -0.2) is 18.1 Å². The number of nitro benzene ring substituents is 1. The number of aromatic nitrogens is 2.